The van der Waals surface area contributed by atoms with Gasteiger partial charge in [-0.15, -0.1) is 29.8 Å². The predicted molar refractivity (Wildman–Crippen MR) is 182 cm³/mol. The Morgan fingerprint density at radius 2 is 1.36 bits per heavy atom. The van der Waals surface area contributed by atoms with Gasteiger partial charge in [-0.05, 0) is 34.6 Å². The van der Waals surface area contributed by atoms with Crippen molar-refractivity contribution >= 4 is 49.4 Å². The first-order valence-corrected chi connectivity index (χ1v) is 15.4. The van der Waals surface area contributed by atoms with Crippen LogP contribution in [0.5, 0.6) is 11.5 Å². The van der Waals surface area contributed by atoms with E-state index in [1.165, 1.54) is 22.0 Å². The molecule has 1 aliphatic heterocycles. The maximum Gasteiger partial charge on any atom is 2.00 e. The normalized spacial score (nSPS) is 13.3. The summed E-state index contributed by atoms with van der Waals surface area (Å²) in [5.41, 5.74) is 8.85. The first kappa shape index (κ1) is 27.9. The minimum atomic E-state index is -0.221. The van der Waals surface area contributed by atoms with Crippen LogP contribution in [0.4, 0.5) is 0 Å². The molecule has 47 heavy (non-hydrogen) atoms. The van der Waals surface area contributed by atoms with Crippen LogP contribution >= 0.6 is 0 Å². The van der Waals surface area contributed by atoms with Gasteiger partial charge >= 0.3 is 21.1 Å². The number of para-hydroxylation sites is 1. The fourth-order valence-electron chi connectivity index (χ4n) is 7.28. The minimum absolute atomic E-state index is 0. The quantitative estimate of drug-likeness (QED) is 0.133. The number of fused-ring (bicyclic) bond motifs is 11. The van der Waals surface area contributed by atoms with Crippen LogP contribution in [0.15, 0.2) is 116 Å². The molecule has 0 spiro atoms. The van der Waals surface area contributed by atoms with Crippen molar-refractivity contribution in [3.8, 4) is 28.4 Å². The standard InChI is InChI=1S/C40H25N5O.Pt/c1-40(2)32-18-16-26(22-35(32)45-36-28(11-6-14-33(36)40)30-13-8-20-42-38(30)45)46-25-15-17-27-29-12-7-19-41-37(29)44-23-34(24-9-4-3-5-10-24)43-39(44)31(27)21-25;/h3-20,23H,1-2H3;/q-2;+2. The number of hydrogen-bond donors (Lipinski definition) is 0. The zero-order valence-corrected chi connectivity index (χ0v) is 27.7. The van der Waals surface area contributed by atoms with Crippen LogP contribution in [0.2, 0.25) is 0 Å². The first-order valence-electron chi connectivity index (χ1n) is 15.4. The van der Waals surface area contributed by atoms with Crippen LogP contribution in [-0.2, 0) is 26.5 Å². The molecule has 0 fully saturated rings. The second-order valence-electron chi connectivity index (χ2n) is 12.4. The molecule has 5 aromatic heterocycles. The number of hydrogen-bond acceptors (Lipinski definition) is 4. The summed E-state index contributed by atoms with van der Waals surface area (Å²) < 4.78 is 10.8. The van der Waals surface area contributed by atoms with E-state index in [1.807, 2.05) is 61.1 Å². The van der Waals surface area contributed by atoms with Crippen molar-refractivity contribution in [2.75, 3.05) is 0 Å². The number of nitrogens with zero attached hydrogens (tertiary/aromatic N) is 5. The van der Waals surface area contributed by atoms with Crippen molar-refractivity contribution in [2.24, 2.45) is 0 Å². The Bertz CT molecular complexity index is 2710. The average molecular weight is 787 g/mol. The SMILES string of the molecule is CC1(C)c2ccc(Oc3[c-]c4c(cc3)c3cccnc3n3cc(-c5ccccc5)nc43)[c-]c2-n2c3ncccc3c3cccc1c32.[Pt+2]. The summed E-state index contributed by atoms with van der Waals surface area (Å²) in [5, 5.41) is 5.25. The van der Waals surface area contributed by atoms with Gasteiger partial charge in [0, 0.05) is 46.4 Å². The van der Waals surface area contributed by atoms with Gasteiger partial charge in [-0.25, -0.2) is 9.97 Å². The van der Waals surface area contributed by atoms with Crippen LogP contribution < -0.4 is 4.74 Å². The number of pyridine rings is 3. The van der Waals surface area contributed by atoms with Crippen molar-refractivity contribution in [3.05, 3.63) is 139 Å². The molecule has 0 aliphatic carbocycles. The summed E-state index contributed by atoms with van der Waals surface area (Å²) >= 11 is 0. The Hall–Kier alpha value is -5.32. The maximum atomic E-state index is 6.55. The molecule has 0 amide bonds. The molecule has 0 radical (unpaired) electrons. The van der Waals surface area contributed by atoms with E-state index in [1.54, 1.807) is 0 Å². The Morgan fingerprint density at radius 1 is 0.638 bits per heavy atom. The number of benzene rings is 4. The molecule has 0 N–H and O–H groups in total. The van der Waals surface area contributed by atoms with E-state index in [2.05, 4.69) is 89.5 Å². The molecule has 0 unspecified atom stereocenters. The third-order valence-corrected chi connectivity index (χ3v) is 9.46. The molecule has 226 valence electrons. The predicted octanol–water partition coefficient (Wildman–Crippen LogP) is 9.22. The van der Waals surface area contributed by atoms with Crippen LogP contribution in [0.3, 0.4) is 0 Å². The number of aromatic nitrogens is 5. The van der Waals surface area contributed by atoms with Gasteiger partial charge in [-0.1, -0.05) is 91.0 Å². The molecule has 0 atom stereocenters. The summed E-state index contributed by atoms with van der Waals surface area (Å²) in [7, 11) is 0. The van der Waals surface area contributed by atoms with Gasteiger partial charge in [0.25, 0.3) is 0 Å². The van der Waals surface area contributed by atoms with Gasteiger partial charge in [0.2, 0.25) is 0 Å². The summed E-state index contributed by atoms with van der Waals surface area (Å²) in [6.07, 6.45) is 5.72. The largest absolute Gasteiger partial charge is 2.00 e. The minimum Gasteiger partial charge on any atom is -0.503 e. The summed E-state index contributed by atoms with van der Waals surface area (Å²) in [4.78, 5) is 14.6. The third kappa shape index (κ3) is 3.91. The van der Waals surface area contributed by atoms with Gasteiger partial charge < -0.3 is 13.7 Å². The Labute approximate surface area is 284 Å². The van der Waals surface area contributed by atoms with E-state index in [4.69, 9.17) is 19.7 Å². The Balaban J connectivity index is 0.00000302. The zero-order valence-electron chi connectivity index (χ0n) is 25.4. The molecule has 9 aromatic rings. The van der Waals surface area contributed by atoms with Gasteiger partial charge in [0.15, 0.2) is 0 Å². The molecule has 4 aromatic carbocycles. The molecule has 0 saturated carbocycles. The fraction of sp³-hybridized carbons (Fsp3) is 0.0750. The molecule has 6 nitrogen and oxygen atoms in total. The Kier molecular flexibility index (Phi) is 6.00. The van der Waals surface area contributed by atoms with E-state index in [9.17, 15) is 0 Å². The van der Waals surface area contributed by atoms with Gasteiger partial charge in [0.1, 0.15) is 11.3 Å². The molecule has 0 bridgehead atoms. The van der Waals surface area contributed by atoms with E-state index in [0.29, 0.717) is 11.5 Å². The smallest absolute Gasteiger partial charge is 0.503 e. The molecule has 7 heteroatoms. The molecule has 1 aliphatic rings. The number of rotatable bonds is 3. The molecular formula is C40H25N5OPt. The van der Waals surface area contributed by atoms with Crippen LogP contribution in [-0.4, -0.2) is 23.9 Å². The van der Waals surface area contributed by atoms with E-state index in [0.717, 1.165) is 55.4 Å². The third-order valence-electron chi connectivity index (χ3n) is 9.46. The van der Waals surface area contributed by atoms with Crippen molar-refractivity contribution in [1.82, 2.24) is 23.9 Å². The van der Waals surface area contributed by atoms with Crippen molar-refractivity contribution in [2.45, 2.75) is 19.3 Å². The zero-order chi connectivity index (χ0) is 30.6. The van der Waals surface area contributed by atoms with E-state index >= 15 is 0 Å². The molecule has 6 heterocycles. The van der Waals surface area contributed by atoms with Gasteiger partial charge in [-0.2, -0.15) is 6.07 Å². The Morgan fingerprint density at radius 3 is 2.19 bits per heavy atom. The van der Waals surface area contributed by atoms with Crippen LogP contribution in [0.25, 0.3) is 66.3 Å². The summed E-state index contributed by atoms with van der Waals surface area (Å²) in [6, 6.07) is 40.4. The number of ether oxygens (including phenoxy) is 1. The number of imidazole rings is 1. The molecule has 10 rings (SSSR count). The van der Waals surface area contributed by atoms with Gasteiger partial charge in [-0.3, -0.25) is 4.98 Å². The topological polar surface area (TPSA) is 57.2 Å². The maximum absolute atomic E-state index is 6.55. The molecular weight excluding hydrogens is 762 g/mol. The summed E-state index contributed by atoms with van der Waals surface area (Å²) in [5.74, 6) is 1.21. The van der Waals surface area contributed by atoms with Crippen LogP contribution in [0, 0.1) is 12.1 Å². The second-order valence-corrected chi connectivity index (χ2v) is 12.4. The second kappa shape index (κ2) is 10.1. The van der Waals surface area contributed by atoms with Crippen molar-refractivity contribution in [1.29, 1.82) is 0 Å². The first-order chi connectivity index (χ1) is 22.6. The van der Waals surface area contributed by atoms with E-state index < -0.39 is 0 Å². The average Bonchev–Trinajstić information content (AvgIpc) is 3.69. The molecule has 0 saturated heterocycles. The monoisotopic (exact) mass is 786 g/mol. The van der Waals surface area contributed by atoms with Crippen LogP contribution in [0.1, 0.15) is 25.0 Å². The van der Waals surface area contributed by atoms with Crippen molar-refractivity contribution < 1.29 is 25.8 Å². The summed E-state index contributed by atoms with van der Waals surface area (Å²) in [6.45, 7) is 4.55. The van der Waals surface area contributed by atoms with E-state index in [-0.39, 0.29) is 26.5 Å². The fourth-order valence-corrected chi connectivity index (χ4v) is 7.28. The van der Waals surface area contributed by atoms with Crippen molar-refractivity contribution in [3.63, 3.8) is 0 Å². The van der Waals surface area contributed by atoms with Gasteiger partial charge in [0.05, 0.1) is 16.9 Å².